The zero-order chi connectivity index (χ0) is 13.8. The summed E-state index contributed by atoms with van der Waals surface area (Å²) in [5.41, 5.74) is 2.52. The summed E-state index contributed by atoms with van der Waals surface area (Å²) in [5.74, 6) is 1.33. The minimum absolute atomic E-state index is 0.586. The third-order valence-electron chi connectivity index (χ3n) is 3.28. The van der Waals surface area contributed by atoms with Crippen molar-refractivity contribution in [1.29, 1.82) is 0 Å². The molecule has 0 bridgehead atoms. The van der Waals surface area contributed by atoms with Gasteiger partial charge in [-0.25, -0.2) is 0 Å². The first-order valence-electron chi connectivity index (χ1n) is 7.12. The molecule has 0 aromatic heterocycles. The van der Waals surface area contributed by atoms with Gasteiger partial charge in [0.2, 0.25) is 0 Å². The van der Waals surface area contributed by atoms with Crippen LogP contribution < -0.4 is 5.32 Å². The maximum Gasteiger partial charge on any atom is 0.161 e. The number of hydrogen-bond donors (Lipinski definition) is 1. The molecule has 1 aromatic carbocycles. The lowest BCUT2D eigenvalue weighted by Gasteiger charge is -2.12. The third kappa shape index (κ3) is 4.27. The van der Waals surface area contributed by atoms with Crippen LogP contribution in [-0.4, -0.2) is 17.0 Å². The molecule has 0 saturated heterocycles. The average molecular weight is 276 g/mol. The first-order valence-corrected chi connectivity index (χ1v) is 8.00. The van der Waals surface area contributed by atoms with E-state index in [4.69, 9.17) is 0 Å². The minimum atomic E-state index is 0.586. The van der Waals surface area contributed by atoms with Crippen molar-refractivity contribution in [2.24, 2.45) is 10.9 Å². The Morgan fingerprint density at radius 2 is 1.89 bits per heavy atom. The van der Waals surface area contributed by atoms with E-state index in [2.05, 4.69) is 62.3 Å². The van der Waals surface area contributed by atoms with Crippen LogP contribution in [0.2, 0.25) is 0 Å². The highest BCUT2D eigenvalue weighted by molar-refractivity contribution is 8.15. The molecule has 3 heteroatoms. The molecule has 1 aliphatic heterocycles. The summed E-state index contributed by atoms with van der Waals surface area (Å²) in [6.07, 6.45) is 1.24. The van der Waals surface area contributed by atoms with E-state index in [0.29, 0.717) is 11.2 Å². The Balaban J connectivity index is 1.88. The third-order valence-corrected chi connectivity index (χ3v) is 4.41. The number of nitrogens with one attached hydrogen (secondary N) is 1. The molecule has 1 unspecified atom stereocenters. The SMILES string of the molecule is CC(C)CC1CN=C(Nc2ccc(C(C)C)cc2)S1. The fourth-order valence-electron chi connectivity index (χ4n) is 2.21. The van der Waals surface area contributed by atoms with Gasteiger partial charge in [-0.3, -0.25) is 4.99 Å². The smallest absolute Gasteiger partial charge is 0.161 e. The molecule has 0 aliphatic carbocycles. The molecule has 1 atom stereocenters. The fraction of sp³-hybridized carbons (Fsp3) is 0.562. The summed E-state index contributed by atoms with van der Waals surface area (Å²) in [4.78, 5) is 4.59. The normalized spacial score (nSPS) is 19.1. The van der Waals surface area contributed by atoms with Gasteiger partial charge in [-0.1, -0.05) is 51.6 Å². The maximum absolute atomic E-state index is 4.59. The van der Waals surface area contributed by atoms with E-state index >= 15 is 0 Å². The van der Waals surface area contributed by atoms with Crippen molar-refractivity contribution in [3.8, 4) is 0 Å². The van der Waals surface area contributed by atoms with E-state index in [0.717, 1.165) is 23.3 Å². The van der Waals surface area contributed by atoms with Crippen molar-refractivity contribution in [3.05, 3.63) is 29.8 Å². The molecule has 0 spiro atoms. The fourth-order valence-corrected chi connectivity index (χ4v) is 3.48. The van der Waals surface area contributed by atoms with Gasteiger partial charge in [-0.2, -0.15) is 0 Å². The van der Waals surface area contributed by atoms with Crippen LogP contribution in [0.25, 0.3) is 0 Å². The van der Waals surface area contributed by atoms with Crippen molar-refractivity contribution in [2.45, 2.75) is 45.3 Å². The van der Waals surface area contributed by atoms with E-state index in [9.17, 15) is 0 Å². The Bertz CT molecular complexity index is 435. The van der Waals surface area contributed by atoms with E-state index < -0.39 is 0 Å². The minimum Gasteiger partial charge on any atom is -0.335 e. The average Bonchev–Trinajstić information content (AvgIpc) is 2.76. The van der Waals surface area contributed by atoms with Gasteiger partial charge in [0.15, 0.2) is 5.17 Å². The quantitative estimate of drug-likeness (QED) is 0.859. The number of aliphatic imine (C=N–C) groups is 1. The first-order chi connectivity index (χ1) is 9.04. The van der Waals surface area contributed by atoms with Crippen LogP contribution in [0, 0.1) is 5.92 Å². The van der Waals surface area contributed by atoms with Crippen LogP contribution in [-0.2, 0) is 0 Å². The summed E-state index contributed by atoms with van der Waals surface area (Å²) in [5, 5.41) is 5.15. The highest BCUT2D eigenvalue weighted by atomic mass is 32.2. The summed E-state index contributed by atoms with van der Waals surface area (Å²) in [6.45, 7) is 9.94. The van der Waals surface area contributed by atoms with Gasteiger partial charge in [0.05, 0.1) is 6.54 Å². The molecular weight excluding hydrogens is 252 g/mol. The Hall–Kier alpha value is -0.960. The zero-order valence-electron chi connectivity index (χ0n) is 12.3. The second-order valence-corrected chi connectivity index (χ2v) is 7.21. The number of amidine groups is 1. The molecular formula is C16H24N2S. The molecule has 0 amide bonds. The predicted molar refractivity (Wildman–Crippen MR) is 87.3 cm³/mol. The van der Waals surface area contributed by atoms with Crippen molar-refractivity contribution in [1.82, 2.24) is 0 Å². The lowest BCUT2D eigenvalue weighted by molar-refractivity contribution is 0.575. The van der Waals surface area contributed by atoms with Gasteiger partial charge in [0.25, 0.3) is 0 Å². The van der Waals surface area contributed by atoms with Gasteiger partial charge in [-0.15, -0.1) is 0 Å². The van der Waals surface area contributed by atoms with Crippen LogP contribution in [0.3, 0.4) is 0 Å². The van der Waals surface area contributed by atoms with Gasteiger partial charge in [0.1, 0.15) is 0 Å². The highest BCUT2D eigenvalue weighted by Gasteiger charge is 2.20. The lowest BCUT2D eigenvalue weighted by atomic mass is 10.0. The molecule has 1 heterocycles. The van der Waals surface area contributed by atoms with Crippen molar-refractivity contribution in [3.63, 3.8) is 0 Å². The molecule has 0 saturated carbocycles. The van der Waals surface area contributed by atoms with Crippen LogP contribution in [0.1, 0.15) is 45.6 Å². The molecule has 2 rings (SSSR count). The summed E-state index contributed by atoms with van der Waals surface area (Å²) < 4.78 is 0. The molecule has 0 fully saturated rings. The van der Waals surface area contributed by atoms with E-state index in [1.165, 1.54) is 12.0 Å². The van der Waals surface area contributed by atoms with Crippen molar-refractivity contribution in [2.75, 3.05) is 11.9 Å². The number of nitrogens with zero attached hydrogens (tertiary/aromatic N) is 1. The van der Waals surface area contributed by atoms with Gasteiger partial charge in [-0.05, 0) is 36.0 Å². The summed E-state index contributed by atoms with van der Waals surface area (Å²) in [6, 6.07) is 8.68. The number of thioether (sulfide) groups is 1. The highest BCUT2D eigenvalue weighted by Crippen LogP contribution is 2.27. The standard InChI is InChI=1S/C16H24N2S/c1-11(2)9-15-10-17-16(19-15)18-14-7-5-13(6-8-14)12(3)4/h5-8,11-12,15H,9-10H2,1-4H3,(H,17,18). The Morgan fingerprint density at radius 3 is 2.47 bits per heavy atom. The Morgan fingerprint density at radius 1 is 1.21 bits per heavy atom. The lowest BCUT2D eigenvalue weighted by Crippen LogP contribution is -2.09. The van der Waals surface area contributed by atoms with Gasteiger partial charge < -0.3 is 5.32 Å². The molecule has 2 nitrogen and oxygen atoms in total. The summed E-state index contributed by atoms with van der Waals surface area (Å²) >= 11 is 1.88. The van der Waals surface area contributed by atoms with E-state index in [1.807, 2.05) is 11.8 Å². The largest absolute Gasteiger partial charge is 0.335 e. The van der Waals surface area contributed by atoms with E-state index in [-0.39, 0.29) is 0 Å². The Kier molecular flexibility index (Phi) is 4.92. The molecule has 104 valence electrons. The molecule has 1 aromatic rings. The van der Waals surface area contributed by atoms with Crippen molar-refractivity contribution >= 4 is 22.6 Å². The second kappa shape index (κ2) is 6.47. The van der Waals surface area contributed by atoms with Crippen LogP contribution in [0.4, 0.5) is 5.69 Å². The predicted octanol–water partition coefficient (Wildman–Crippen LogP) is 4.74. The topological polar surface area (TPSA) is 24.4 Å². The van der Waals surface area contributed by atoms with Crippen LogP contribution >= 0.6 is 11.8 Å². The Labute approximate surface area is 121 Å². The number of rotatable bonds is 4. The number of anilines is 1. The monoisotopic (exact) mass is 276 g/mol. The van der Waals surface area contributed by atoms with Crippen LogP contribution in [0.5, 0.6) is 0 Å². The van der Waals surface area contributed by atoms with E-state index in [1.54, 1.807) is 0 Å². The summed E-state index contributed by atoms with van der Waals surface area (Å²) in [7, 11) is 0. The van der Waals surface area contributed by atoms with Gasteiger partial charge in [0, 0.05) is 10.9 Å². The zero-order valence-corrected chi connectivity index (χ0v) is 13.1. The van der Waals surface area contributed by atoms with Gasteiger partial charge >= 0.3 is 0 Å². The van der Waals surface area contributed by atoms with Crippen LogP contribution in [0.15, 0.2) is 29.3 Å². The van der Waals surface area contributed by atoms with Crippen molar-refractivity contribution < 1.29 is 0 Å². The molecule has 1 aliphatic rings. The number of benzene rings is 1. The second-order valence-electron chi connectivity index (χ2n) is 5.92. The number of hydrogen-bond acceptors (Lipinski definition) is 3. The molecule has 19 heavy (non-hydrogen) atoms. The maximum atomic E-state index is 4.59. The molecule has 1 N–H and O–H groups in total. The molecule has 0 radical (unpaired) electrons. The first kappa shape index (κ1) is 14.4.